The molecule has 1 heterocycles. The van der Waals surface area contributed by atoms with Crippen LogP contribution in [0, 0.1) is 17.8 Å². The molecule has 2 aromatic rings. The molecule has 1 fully saturated rings. The van der Waals surface area contributed by atoms with Crippen LogP contribution in [-0.4, -0.2) is 85.4 Å². The molecule has 2 aliphatic carbocycles. The summed E-state index contributed by atoms with van der Waals surface area (Å²) in [5, 5.41) is 26.9. The van der Waals surface area contributed by atoms with E-state index in [2.05, 4.69) is 29.7 Å². The highest BCUT2D eigenvalue weighted by Crippen LogP contribution is 2.61. The van der Waals surface area contributed by atoms with Gasteiger partial charge in [0.25, 0.3) is 0 Å². The molecule has 292 valence electrons. The number of amides is 2. The van der Waals surface area contributed by atoms with Gasteiger partial charge in [-0.1, -0.05) is 66.6 Å². The van der Waals surface area contributed by atoms with Crippen molar-refractivity contribution in [1.82, 2.24) is 10.2 Å². The highest BCUT2D eigenvalue weighted by atomic mass is 16.7. The third kappa shape index (κ3) is 9.17. The molecular weight excluding hydrogens is 690 g/mol. The van der Waals surface area contributed by atoms with Crippen molar-refractivity contribution in [3.8, 4) is 11.5 Å². The van der Waals surface area contributed by atoms with E-state index in [0.717, 1.165) is 42.4 Å². The van der Waals surface area contributed by atoms with E-state index in [-0.39, 0.29) is 50.6 Å². The molecule has 0 saturated heterocycles. The Morgan fingerprint density at radius 2 is 1.81 bits per heavy atom. The van der Waals surface area contributed by atoms with Crippen LogP contribution in [0.4, 0.5) is 9.59 Å². The zero-order valence-electron chi connectivity index (χ0n) is 31.5. The van der Waals surface area contributed by atoms with Crippen LogP contribution >= 0.6 is 0 Å². The van der Waals surface area contributed by atoms with E-state index in [1.807, 2.05) is 36.4 Å². The number of nitrogens with zero attached hydrogens (tertiary/aromatic N) is 2. The Morgan fingerprint density at radius 3 is 2.52 bits per heavy atom. The van der Waals surface area contributed by atoms with Crippen molar-refractivity contribution in [3.05, 3.63) is 96.6 Å². The van der Waals surface area contributed by atoms with Crippen LogP contribution in [0.15, 0.2) is 90.6 Å². The van der Waals surface area contributed by atoms with Gasteiger partial charge in [0.2, 0.25) is 5.79 Å². The number of likely N-dealkylation sites (N-methyl/N-ethyl adjacent to an activating group) is 1. The van der Waals surface area contributed by atoms with Crippen LogP contribution in [-0.2, 0) is 20.9 Å². The van der Waals surface area contributed by atoms with E-state index < -0.39 is 29.9 Å². The summed E-state index contributed by atoms with van der Waals surface area (Å²) in [6, 6.07) is 14.3. The first-order chi connectivity index (χ1) is 26.3. The molecule has 3 N–H and O–H groups in total. The minimum atomic E-state index is -1.41. The van der Waals surface area contributed by atoms with Gasteiger partial charge in [0, 0.05) is 44.7 Å². The zero-order chi connectivity index (χ0) is 38.5. The molecule has 5 rings (SSSR count). The number of ether oxygens (including phenoxy) is 4. The number of oxime groups is 1. The Bertz CT molecular complexity index is 1650. The SMILES string of the molecule is C=CCCOC(=O)N(C)C1CC(=NOC)C2=CC(CCCCO)C(CCCCO)C3c4cc(OC(=O)NCc5ccccc5)ccc4OC1(OCC=C)C23. The summed E-state index contributed by atoms with van der Waals surface area (Å²) in [6.07, 6.45) is 9.71. The van der Waals surface area contributed by atoms with Gasteiger partial charge in [-0.25, -0.2) is 9.59 Å². The molecule has 0 spiro atoms. The van der Waals surface area contributed by atoms with Gasteiger partial charge in [0.1, 0.15) is 24.7 Å². The van der Waals surface area contributed by atoms with E-state index >= 15 is 0 Å². The Labute approximate surface area is 318 Å². The number of hydrogen-bond donors (Lipinski definition) is 3. The molecule has 0 bridgehead atoms. The Kier molecular flexibility index (Phi) is 14.7. The van der Waals surface area contributed by atoms with Gasteiger partial charge in [-0.15, -0.1) is 13.2 Å². The predicted molar refractivity (Wildman–Crippen MR) is 205 cm³/mol. The third-order valence-corrected chi connectivity index (χ3v) is 10.6. The largest absolute Gasteiger partial charge is 0.459 e. The smallest absolute Gasteiger partial charge is 0.412 e. The van der Waals surface area contributed by atoms with Crippen molar-refractivity contribution >= 4 is 17.9 Å². The summed E-state index contributed by atoms with van der Waals surface area (Å²) in [7, 11) is 3.18. The van der Waals surface area contributed by atoms with Gasteiger partial charge >= 0.3 is 12.2 Å². The maximum atomic E-state index is 13.6. The molecule has 3 aliphatic rings. The number of hydrogen-bond acceptors (Lipinski definition) is 10. The summed E-state index contributed by atoms with van der Waals surface area (Å²) < 4.78 is 25.4. The van der Waals surface area contributed by atoms with Crippen molar-refractivity contribution in [2.24, 2.45) is 22.9 Å². The van der Waals surface area contributed by atoms with Crippen LogP contribution < -0.4 is 14.8 Å². The average Bonchev–Trinajstić information content (AvgIpc) is 3.18. The fourth-order valence-corrected chi connectivity index (χ4v) is 8.27. The molecule has 1 aliphatic heterocycles. The van der Waals surface area contributed by atoms with Gasteiger partial charge in [-0.2, -0.15) is 0 Å². The molecule has 12 heteroatoms. The van der Waals surface area contributed by atoms with Gasteiger partial charge in [0.15, 0.2) is 0 Å². The van der Waals surface area contributed by atoms with Crippen LogP contribution in [0.2, 0.25) is 0 Å². The number of allylic oxidation sites excluding steroid dienone is 1. The lowest BCUT2D eigenvalue weighted by atomic mass is 9.55. The predicted octanol–water partition coefficient (Wildman–Crippen LogP) is 6.88. The number of fused-ring (bicyclic) bond motifs is 2. The second kappa shape index (κ2) is 19.6. The second-order valence-corrected chi connectivity index (χ2v) is 14.0. The lowest BCUT2D eigenvalue weighted by Gasteiger charge is -2.59. The molecule has 0 radical (unpaired) electrons. The summed E-state index contributed by atoms with van der Waals surface area (Å²) in [6.45, 7) is 8.46. The molecule has 12 nitrogen and oxygen atoms in total. The van der Waals surface area contributed by atoms with Gasteiger partial charge in [-0.3, -0.25) is 0 Å². The molecule has 6 atom stereocenters. The average molecular weight is 746 g/mol. The first-order valence-electron chi connectivity index (χ1n) is 18.9. The number of aliphatic hydroxyl groups is 2. The Morgan fingerprint density at radius 1 is 1.06 bits per heavy atom. The zero-order valence-corrected chi connectivity index (χ0v) is 31.5. The standard InChI is InChI=1S/C42H55N3O9/c1-5-7-24-51-41(49)45(3)37-27-35(44-50-4)33-25-30(17-11-13-21-46)32(18-12-14-22-47)38-34-26-31(53-40(48)43-28-29-15-9-8-10-16-29)19-20-36(34)54-42(37,39(33)38)52-23-6-2/h5-6,8-10,15-16,19-20,25-26,30,32,37-39,46-47H,1-2,7,11-14,17-18,21-24,27-28H2,3-4H3,(H,43,48). The van der Waals surface area contributed by atoms with Crippen molar-refractivity contribution in [2.45, 2.75) is 75.7 Å². The number of nitrogens with one attached hydrogen (secondary N) is 1. The Hall–Kier alpha value is -4.65. The van der Waals surface area contributed by atoms with E-state index in [1.165, 1.54) is 12.0 Å². The van der Waals surface area contributed by atoms with E-state index in [1.54, 1.807) is 31.3 Å². The highest BCUT2D eigenvalue weighted by Gasteiger charge is 2.65. The maximum Gasteiger partial charge on any atom is 0.412 e. The number of carbonyl (C=O) groups is 2. The van der Waals surface area contributed by atoms with Gasteiger partial charge in [-0.05, 0) is 73.3 Å². The number of benzene rings is 2. The normalized spacial score (nSPS) is 24.6. The quantitative estimate of drug-likeness (QED) is 0.0795. The molecule has 1 saturated carbocycles. The van der Waals surface area contributed by atoms with Gasteiger partial charge < -0.3 is 44.2 Å². The maximum absolute atomic E-state index is 13.6. The fourth-order valence-electron chi connectivity index (χ4n) is 8.27. The summed E-state index contributed by atoms with van der Waals surface area (Å²) >= 11 is 0. The van der Waals surface area contributed by atoms with Crippen molar-refractivity contribution in [1.29, 1.82) is 0 Å². The van der Waals surface area contributed by atoms with Crippen LogP contribution in [0.1, 0.15) is 68.4 Å². The summed E-state index contributed by atoms with van der Waals surface area (Å²) in [4.78, 5) is 33.7. The number of carbonyl (C=O) groups excluding carboxylic acids is 2. The van der Waals surface area contributed by atoms with Crippen LogP contribution in [0.3, 0.4) is 0 Å². The highest BCUT2D eigenvalue weighted by molar-refractivity contribution is 6.02. The van der Waals surface area contributed by atoms with Crippen LogP contribution in [0.25, 0.3) is 0 Å². The third-order valence-electron chi connectivity index (χ3n) is 10.6. The monoisotopic (exact) mass is 745 g/mol. The first kappa shape index (κ1) is 40.5. The molecule has 2 aromatic carbocycles. The minimum absolute atomic E-state index is 0.0212. The van der Waals surface area contributed by atoms with Gasteiger partial charge in [0.05, 0.1) is 24.8 Å². The second-order valence-electron chi connectivity index (χ2n) is 14.0. The topological polar surface area (TPSA) is 148 Å². The van der Waals surface area contributed by atoms with E-state index in [0.29, 0.717) is 43.0 Å². The molecular formula is C42H55N3O9. The van der Waals surface area contributed by atoms with E-state index in [4.69, 9.17) is 23.8 Å². The fraction of sp³-hybridized carbons (Fsp3) is 0.500. The van der Waals surface area contributed by atoms with Crippen molar-refractivity contribution < 1.29 is 43.6 Å². The van der Waals surface area contributed by atoms with E-state index in [9.17, 15) is 19.8 Å². The lowest BCUT2D eigenvalue weighted by molar-refractivity contribution is -0.253. The Balaban J connectivity index is 1.64. The van der Waals surface area contributed by atoms with Crippen molar-refractivity contribution in [3.63, 3.8) is 0 Å². The first-order valence-corrected chi connectivity index (χ1v) is 18.9. The molecule has 54 heavy (non-hydrogen) atoms. The number of aliphatic hydroxyl groups excluding tert-OH is 2. The molecule has 2 amide bonds. The molecule has 6 unspecified atom stereocenters. The molecule has 0 aromatic heterocycles. The summed E-state index contributed by atoms with van der Waals surface area (Å²) in [5.74, 6) is -1.17. The summed E-state index contributed by atoms with van der Waals surface area (Å²) in [5.41, 5.74) is 3.35. The van der Waals surface area contributed by atoms with Crippen LogP contribution in [0.5, 0.6) is 11.5 Å². The lowest BCUT2D eigenvalue weighted by Crippen LogP contribution is -2.69. The number of unbranched alkanes of at least 4 members (excludes halogenated alkanes) is 2. The minimum Gasteiger partial charge on any atom is -0.459 e. The van der Waals surface area contributed by atoms with Crippen molar-refractivity contribution in [2.75, 3.05) is 40.6 Å². The number of rotatable bonds is 19.